The van der Waals surface area contributed by atoms with Crippen LogP contribution in [0.3, 0.4) is 0 Å². The van der Waals surface area contributed by atoms with Crippen LogP contribution in [0.15, 0.2) is 0 Å². The lowest BCUT2D eigenvalue weighted by molar-refractivity contribution is -0.126. The van der Waals surface area contributed by atoms with Crippen molar-refractivity contribution >= 4 is 28.2 Å². The van der Waals surface area contributed by atoms with Crippen molar-refractivity contribution in [2.24, 2.45) is 0 Å². The maximum absolute atomic E-state index is 12.9. The van der Waals surface area contributed by atoms with Gasteiger partial charge in [0.1, 0.15) is 5.00 Å². The second-order valence-corrected chi connectivity index (χ2v) is 8.62. The second-order valence-electron chi connectivity index (χ2n) is 7.51. The summed E-state index contributed by atoms with van der Waals surface area (Å²) >= 11 is 1.53. The summed E-state index contributed by atoms with van der Waals surface area (Å²) in [6.07, 6.45) is 4.26. The minimum atomic E-state index is -0.325. The molecular weight excluding hydrogens is 364 g/mol. The van der Waals surface area contributed by atoms with E-state index in [0.29, 0.717) is 17.2 Å². The Hall–Kier alpha value is -1.44. The highest BCUT2D eigenvalue weighted by Crippen LogP contribution is 2.38. The van der Waals surface area contributed by atoms with Crippen LogP contribution in [0.5, 0.6) is 0 Å². The highest BCUT2D eigenvalue weighted by atomic mass is 32.1. The van der Waals surface area contributed by atoms with Gasteiger partial charge in [0, 0.05) is 18.0 Å². The van der Waals surface area contributed by atoms with Crippen LogP contribution in [-0.2, 0) is 27.1 Å². The van der Waals surface area contributed by atoms with Crippen LogP contribution in [0, 0.1) is 0 Å². The number of nitrogens with one attached hydrogen (secondary N) is 1. The van der Waals surface area contributed by atoms with Crippen molar-refractivity contribution in [1.82, 2.24) is 4.90 Å². The molecule has 0 radical (unpaired) electrons. The van der Waals surface area contributed by atoms with E-state index in [2.05, 4.69) is 10.2 Å². The fraction of sp³-hybridized carbons (Fsp3) is 0.700. The van der Waals surface area contributed by atoms with Crippen LogP contribution in [0.25, 0.3) is 0 Å². The van der Waals surface area contributed by atoms with E-state index in [1.165, 1.54) is 16.2 Å². The normalized spacial score (nSPS) is 24.1. The first kappa shape index (κ1) is 20.3. The van der Waals surface area contributed by atoms with Crippen molar-refractivity contribution in [3.63, 3.8) is 0 Å². The minimum Gasteiger partial charge on any atom is -0.462 e. The number of morpholine rings is 1. The highest BCUT2D eigenvalue weighted by Gasteiger charge is 2.32. The van der Waals surface area contributed by atoms with E-state index in [1.54, 1.807) is 6.92 Å². The lowest BCUT2D eigenvalue weighted by Gasteiger charge is -2.38. The van der Waals surface area contributed by atoms with E-state index >= 15 is 0 Å². The lowest BCUT2D eigenvalue weighted by Crippen LogP contribution is -2.52. The maximum Gasteiger partial charge on any atom is 0.341 e. The number of nitrogens with zero attached hydrogens (tertiary/aromatic N) is 1. The van der Waals surface area contributed by atoms with Gasteiger partial charge in [-0.1, -0.05) is 0 Å². The number of carbonyl (C=O) groups excluding carboxylic acids is 2. The van der Waals surface area contributed by atoms with Gasteiger partial charge in [0.05, 0.1) is 30.4 Å². The Labute approximate surface area is 165 Å². The van der Waals surface area contributed by atoms with Crippen LogP contribution in [0.2, 0.25) is 0 Å². The van der Waals surface area contributed by atoms with Crippen LogP contribution < -0.4 is 5.32 Å². The third-order valence-electron chi connectivity index (χ3n) is 5.26. The highest BCUT2D eigenvalue weighted by molar-refractivity contribution is 7.17. The standard InChI is InChI=1S/C20H30N2O4S/c1-5-25-20(24)17-15-8-6-7-9-16(15)27-19(17)21-18(23)14(4)22-10-12(2)26-13(3)11-22/h12-14H,5-11H2,1-4H3,(H,21,23). The SMILES string of the molecule is CCOC(=O)c1c(NC(=O)C(C)N2CC(C)OC(C)C2)sc2c1CCCC2. The van der Waals surface area contributed by atoms with E-state index < -0.39 is 0 Å². The number of hydrogen-bond donors (Lipinski definition) is 1. The third kappa shape index (κ3) is 4.52. The molecule has 1 amide bonds. The number of fused-ring (bicyclic) bond motifs is 1. The second kappa shape index (κ2) is 8.71. The number of carbonyl (C=O) groups is 2. The number of anilines is 1. The summed E-state index contributed by atoms with van der Waals surface area (Å²) in [6.45, 7) is 9.56. The molecule has 1 aliphatic heterocycles. The molecule has 150 valence electrons. The van der Waals surface area contributed by atoms with Crippen LogP contribution in [0.4, 0.5) is 5.00 Å². The molecule has 0 aromatic carbocycles. The monoisotopic (exact) mass is 394 g/mol. The average Bonchev–Trinajstić information content (AvgIpc) is 2.98. The number of amides is 1. The summed E-state index contributed by atoms with van der Waals surface area (Å²) < 4.78 is 11.0. The molecule has 2 heterocycles. The molecule has 1 aromatic heterocycles. The Kier molecular flexibility index (Phi) is 6.55. The lowest BCUT2D eigenvalue weighted by atomic mass is 9.95. The van der Waals surface area contributed by atoms with E-state index in [1.807, 2.05) is 20.8 Å². The van der Waals surface area contributed by atoms with Gasteiger partial charge in [-0.3, -0.25) is 9.69 Å². The summed E-state index contributed by atoms with van der Waals surface area (Å²) in [7, 11) is 0. The minimum absolute atomic E-state index is 0.0829. The Morgan fingerprint density at radius 3 is 2.59 bits per heavy atom. The van der Waals surface area contributed by atoms with Crippen LogP contribution in [-0.4, -0.2) is 54.7 Å². The Balaban J connectivity index is 1.79. The summed E-state index contributed by atoms with van der Waals surface area (Å²) in [4.78, 5) is 28.8. The van der Waals surface area contributed by atoms with Crippen LogP contribution >= 0.6 is 11.3 Å². The van der Waals surface area contributed by atoms with Crippen LogP contribution in [0.1, 0.15) is 61.3 Å². The number of rotatable bonds is 5. The Bertz CT molecular complexity index is 692. The molecule has 7 heteroatoms. The Morgan fingerprint density at radius 1 is 1.26 bits per heavy atom. The summed E-state index contributed by atoms with van der Waals surface area (Å²) in [5, 5.41) is 3.68. The van der Waals surface area contributed by atoms with Crippen molar-refractivity contribution < 1.29 is 19.1 Å². The van der Waals surface area contributed by atoms with Crippen molar-refractivity contribution in [2.75, 3.05) is 25.0 Å². The molecule has 3 atom stereocenters. The molecule has 1 N–H and O–H groups in total. The molecule has 6 nitrogen and oxygen atoms in total. The van der Waals surface area contributed by atoms with Gasteiger partial charge in [-0.15, -0.1) is 11.3 Å². The van der Waals surface area contributed by atoms with Gasteiger partial charge in [-0.25, -0.2) is 4.79 Å². The van der Waals surface area contributed by atoms with E-state index in [-0.39, 0.29) is 30.1 Å². The molecule has 1 fully saturated rings. The molecule has 2 aliphatic rings. The summed E-state index contributed by atoms with van der Waals surface area (Å²) in [5.41, 5.74) is 1.64. The van der Waals surface area contributed by atoms with Gasteiger partial charge in [-0.2, -0.15) is 0 Å². The fourth-order valence-corrected chi connectivity index (χ4v) is 5.27. The topological polar surface area (TPSA) is 67.9 Å². The molecule has 0 spiro atoms. The first-order valence-electron chi connectivity index (χ1n) is 9.92. The number of thiophene rings is 1. The van der Waals surface area contributed by atoms with Gasteiger partial charge in [0.2, 0.25) is 5.91 Å². The largest absolute Gasteiger partial charge is 0.462 e. The molecule has 3 rings (SSSR count). The molecule has 0 bridgehead atoms. The predicted octanol–water partition coefficient (Wildman–Crippen LogP) is 3.24. The predicted molar refractivity (Wildman–Crippen MR) is 107 cm³/mol. The van der Waals surface area contributed by atoms with Gasteiger partial charge in [-0.05, 0) is 58.9 Å². The molecule has 1 aromatic rings. The fourth-order valence-electron chi connectivity index (χ4n) is 3.99. The molecule has 1 saturated heterocycles. The Morgan fingerprint density at radius 2 is 1.93 bits per heavy atom. The zero-order chi connectivity index (χ0) is 19.6. The van der Waals surface area contributed by atoms with Crippen molar-refractivity contribution in [2.45, 2.75) is 71.6 Å². The first-order valence-corrected chi connectivity index (χ1v) is 10.7. The maximum atomic E-state index is 12.9. The number of ether oxygens (including phenoxy) is 2. The van der Waals surface area contributed by atoms with Gasteiger partial charge in [0.15, 0.2) is 0 Å². The average molecular weight is 395 g/mol. The van der Waals surface area contributed by atoms with E-state index in [0.717, 1.165) is 44.3 Å². The zero-order valence-corrected chi connectivity index (χ0v) is 17.5. The number of aryl methyl sites for hydroxylation is 1. The molecule has 3 unspecified atom stereocenters. The van der Waals surface area contributed by atoms with Gasteiger partial charge >= 0.3 is 5.97 Å². The first-order chi connectivity index (χ1) is 12.9. The smallest absolute Gasteiger partial charge is 0.341 e. The number of esters is 1. The summed E-state index contributed by atoms with van der Waals surface area (Å²) in [5.74, 6) is -0.408. The quantitative estimate of drug-likeness (QED) is 0.777. The van der Waals surface area contributed by atoms with Crippen molar-refractivity contribution in [3.05, 3.63) is 16.0 Å². The van der Waals surface area contributed by atoms with Crippen molar-refractivity contribution in [3.8, 4) is 0 Å². The molecule has 0 saturated carbocycles. The van der Waals surface area contributed by atoms with Crippen molar-refractivity contribution in [1.29, 1.82) is 0 Å². The zero-order valence-electron chi connectivity index (χ0n) is 16.7. The van der Waals surface area contributed by atoms with E-state index in [4.69, 9.17) is 9.47 Å². The van der Waals surface area contributed by atoms with Gasteiger partial charge < -0.3 is 14.8 Å². The van der Waals surface area contributed by atoms with E-state index in [9.17, 15) is 9.59 Å². The van der Waals surface area contributed by atoms with Gasteiger partial charge in [0.25, 0.3) is 0 Å². The molecule has 1 aliphatic carbocycles. The molecular formula is C20H30N2O4S. The summed E-state index contributed by atoms with van der Waals surface area (Å²) in [6, 6.07) is -0.284. The third-order valence-corrected chi connectivity index (χ3v) is 6.47. The number of hydrogen-bond acceptors (Lipinski definition) is 6. The molecule has 27 heavy (non-hydrogen) atoms.